The van der Waals surface area contributed by atoms with Crippen LogP contribution >= 0.6 is 11.6 Å². The van der Waals surface area contributed by atoms with E-state index >= 15 is 0 Å². The molecule has 1 aliphatic rings. The molecule has 1 fully saturated rings. The van der Waals surface area contributed by atoms with Crippen molar-refractivity contribution < 1.29 is 5.11 Å². The van der Waals surface area contributed by atoms with Gasteiger partial charge in [-0.05, 0) is 43.5 Å². The highest BCUT2D eigenvalue weighted by Gasteiger charge is 2.18. The molecule has 0 saturated carbocycles. The second-order valence-corrected chi connectivity index (χ2v) is 4.96. The first kappa shape index (κ1) is 11.9. The number of hydrogen-bond acceptors (Lipinski definition) is 2. The summed E-state index contributed by atoms with van der Waals surface area (Å²) in [5, 5.41) is 10.4. The molecule has 0 spiro atoms. The summed E-state index contributed by atoms with van der Waals surface area (Å²) in [5.41, 5.74) is 2.42. The third-order valence-electron chi connectivity index (χ3n) is 3.25. The van der Waals surface area contributed by atoms with Crippen LogP contribution in [0.3, 0.4) is 0 Å². The summed E-state index contributed by atoms with van der Waals surface area (Å²) in [6.45, 7) is 4.80. The molecule has 1 aromatic carbocycles. The van der Waals surface area contributed by atoms with Crippen molar-refractivity contribution in [2.75, 3.05) is 13.1 Å². The number of β-amino-alcohol motifs (C(OH)–C–C–N with tert-alkyl or cyclic N) is 1. The fourth-order valence-electron chi connectivity index (χ4n) is 2.24. The fraction of sp³-hybridized carbons (Fsp3) is 0.538. The van der Waals surface area contributed by atoms with Gasteiger partial charge in [0.05, 0.1) is 6.10 Å². The lowest BCUT2D eigenvalue weighted by Gasteiger charge is -2.30. The number of benzene rings is 1. The van der Waals surface area contributed by atoms with E-state index in [0.717, 1.165) is 43.1 Å². The molecule has 0 bridgehead atoms. The molecule has 1 N–H and O–H groups in total. The van der Waals surface area contributed by atoms with Crippen LogP contribution in [-0.2, 0) is 6.54 Å². The molecule has 3 heteroatoms. The number of aliphatic hydroxyl groups excluding tert-OH is 1. The van der Waals surface area contributed by atoms with Gasteiger partial charge in [-0.1, -0.05) is 23.7 Å². The minimum absolute atomic E-state index is 0.159. The van der Waals surface area contributed by atoms with E-state index in [1.165, 1.54) is 5.56 Å². The molecular formula is C13H18ClNO. The Morgan fingerprint density at radius 3 is 3.06 bits per heavy atom. The van der Waals surface area contributed by atoms with Crippen LogP contribution < -0.4 is 0 Å². The molecule has 1 aliphatic heterocycles. The number of nitrogens with zero attached hydrogens (tertiary/aromatic N) is 1. The SMILES string of the molecule is Cc1c(Cl)cccc1CN1CCC[C@H](O)C1. The van der Waals surface area contributed by atoms with Gasteiger partial charge in [-0.15, -0.1) is 0 Å². The average molecular weight is 240 g/mol. The van der Waals surface area contributed by atoms with Crippen LogP contribution in [0.1, 0.15) is 24.0 Å². The zero-order chi connectivity index (χ0) is 11.5. The minimum atomic E-state index is -0.159. The first-order valence-electron chi connectivity index (χ1n) is 5.81. The van der Waals surface area contributed by atoms with Crippen LogP contribution in [0.25, 0.3) is 0 Å². The Hall–Kier alpha value is -0.570. The Morgan fingerprint density at radius 2 is 2.31 bits per heavy atom. The van der Waals surface area contributed by atoms with E-state index in [9.17, 15) is 5.11 Å². The summed E-state index contributed by atoms with van der Waals surface area (Å²) in [6.07, 6.45) is 1.86. The third kappa shape index (κ3) is 2.76. The summed E-state index contributed by atoms with van der Waals surface area (Å²) < 4.78 is 0. The van der Waals surface area contributed by atoms with Crippen molar-refractivity contribution >= 4 is 11.6 Å². The second kappa shape index (κ2) is 5.17. The van der Waals surface area contributed by atoms with Gasteiger partial charge in [0.25, 0.3) is 0 Å². The molecule has 88 valence electrons. The van der Waals surface area contributed by atoms with Crippen LogP contribution in [-0.4, -0.2) is 29.2 Å². The normalized spacial score (nSPS) is 22.3. The Labute approximate surface area is 102 Å². The molecule has 1 saturated heterocycles. The van der Waals surface area contributed by atoms with E-state index in [1.54, 1.807) is 0 Å². The lowest BCUT2D eigenvalue weighted by molar-refractivity contribution is 0.0667. The maximum Gasteiger partial charge on any atom is 0.0667 e. The summed E-state index contributed by atoms with van der Waals surface area (Å²) in [4.78, 5) is 2.30. The van der Waals surface area contributed by atoms with Gasteiger partial charge in [-0.25, -0.2) is 0 Å². The zero-order valence-corrected chi connectivity index (χ0v) is 10.4. The van der Waals surface area contributed by atoms with Gasteiger partial charge < -0.3 is 5.11 Å². The lowest BCUT2D eigenvalue weighted by Crippen LogP contribution is -2.37. The molecule has 0 unspecified atom stereocenters. The number of halogens is 1. The Balaban J connectivity index is 2.05. The topological polar surface area (TPSA) is 23.5 Å². The summed E-state index contributed by atoms with van der Waals surface area (Å²) in [5.74, 6) is 0. The maximum absolute atomic E-state index is 9.61. The number of hydrogen-bond donors (Lipinski definition) is 1. The Morgan fingerprint density at radius 1 is 1.50 bits per heavy atom. The molecule has 2 nitrogen and oxygen atoms in total. The Kier molecular flexibility index (Phi) is 3.85. The monoisotopic (exact) mass is 239 g/mol. The van der Waals surface area contributed by atoms with Crippen LogP contribution in [0.15, 0.2) is 18.2 Å². The lowest BCUT2D eigenvalue weighted by atomic mass is 10.0. The van der Waals surface area contributed by atoms with Gasteiger partial charge in [0, 0.05) is 18.1 Å². The number of aliphatic hydroxyl groups is 1. The van der Waals surface area contributed by atoms with E-state index < -0.39 is 0 Å². The number of piperidine rings is 1. The largest absolute Gasteiger partial charge is 0.392 e. The van der Waals surface area contributed by atoms with Gasteiger partial charge in [0.1, 0.15) is 0 Å². The van der Waals surface area contributed by atoms with Crippen molar-refractivity contribution in [2.24, 2.45) is 0 Å². The van der Waals surface area contributed by atoms with E-state index in [-0.39, 0.29) is 6.10 Å². The van der Waals surface area contributed by atoms with E-state index in [0.29, 0.717) is 0 Å². The average Bonchev–Trinajstić information content (AvgIpc) is 2.25. The Bertz CT molecular complexity index is 367. The van der Waals surface area contributed by atoms with Gasteiger partial charge in [0.15, 0.2) is 0 Å². The predicted octanol–water partition coefficient (Wildman–Crippen LogP) is 2.61. The van der Waals surface area contributed by atoms with Crippen molar-refractivity contribution in [3.63, 3.8) is 0 Å². The number of likely N-dealkylation sites (tertiary alicyclic amines) is 1. The van der Waals surface area contributed by atoms with Crippen LogP contribution in [0, 0.1) is 6.92 Å². The van der Waals surface area contributed by atoms with Gasteiger partial charge in [0.2, 0.25) is 0 Å². The highest BCUT2D eigenvalue weighted by atomic mass is 35.5. The quantitative estimate of drug-likeness (QED) is 0.858. The number of rotatable bonds is 2. The second-order valence-electron chi connectivity index (χ2n) is 4.56. The predicted molar refractivity (Wildman–Crippen MR) is 66.7 cm³/mol. The molecule has 1 atom stereocenters. The van der Waals surface area contributed by atoms with Crippen molar-refractivity contribution in [3.8, 4) is 0 Å². The van der Waals surface area contributed by atoms with Crippen LogP contribution in [0.5, 0.6) is 0 Å². The highest BCUT2D eigenvalue weighted by Crippen LogP contribution is 2.21. The molecule has 16 heavy (non-hydrogen) atoms. The molecule has 2 rings (SSSR count). The van der Waals surface area contributed by atoms with Crippen molar-refractivity contribution in [3.05, 3.63) is 34.3 Å². The molecule has 0 aromatic heterocycles. The molecule has 1 aromatic rings. The standard InChI is InChI=1S/C13H18ClNO/c1-10-11(4-2-6-13(10)14)8-15-7-3-5-12(16)9-15/h2,4,6,12,16H,3,5,7-9H2,1H3/t12-/m0/s1. The van der Waals surface area contributed by atoms with Crippen LogP contribution in [0.4, 0.5) is 0 Å². The highest BCUT2D eigenvalue weighted by molar-refractivity contribution is 6.31. The molecule has 0 amide bonds. The third-order valence-corrected chi connectivity index (χ3v) is 3.66. The van der Waals surface area contributed by atoms with Crippen molar-refractivity contribution in [1.82, 2.24) is 4.90 Å². The molecule has 0 aliphatic carbocycles. The van der Waals surface area contributed by atoms with Gasteiger partial charge in [-0.3, -0.25) is 4.90 Å². The van der Waals surface area contributed by atoms with E-state index in [2.05, 4.69) is 17.9 Å². The van der Waals surface area contributed by atoms with Gasteiger partial charge >= 0.3 is 0 Å². The molecular weight excluding hydrogens is 222 g/mol. The summed E-state index contributed by atoms with van der Waals surface area (Å²) in [7, 11) is 0. The van der Waals surface area contributed by atoms with Gasteiger partial charge in [-0.2, -0.15) is 0 Å². The zero-order valence-electron chi connectivity index (χ0n) is 9.62. The van der Waals surface area contributed by atoms with Crippen molar-refractivity contribution in [1.29, 1.82) is 0 Å². The molecule has 0 radical (unpaired) electrons. The first-order chi connectivity index (χ1) is 7.66. The fourth-order valence-corrected chi connectivity index (χ4v) is 2.43. The minimum Gasteiger partial charge on any atom is -0.392 e. The van der Waals surface area contributed by atoms with E-state index in [4.69, 9.17) is 11.6 Å². The molecule has 1 heterocycles. The van der Waals surface area contributed by atoms with Crippen molar-refractivity contribution in [2.45, 2.75) is 32.4 Å². The first-order valence-corrected chi connectivity index (χ1v) is 6.19. The van der Waals surface area contributed by atoms with Crippen LogP contribution in [0.2, 0.25) is 5.02 Å². The van der Waals surface area contributed by atoms with E-state index in [1.807, 2.05) is 12.1 Å². The summed E-state index contributed by atoms with van der Waals surface area (Å²) in [6, 6.07) is 6.03. The smallest absolute Gasteiger partial charge is 0.0667 e. The maximum atomic E-state index is 9.61. The summed E-state index contributed by atoms with van der Waals surface area (Å²) >= 11 is 6.09.